The predicted octanol–water partition coefficient (Wildman–Crippen LogP) is 3.86. The van der Waals surface area contributed by atoms with Crippen LogP contribution in [0.25, 0.3) is 0 Å². The predicted molar refractivity (Wildman–Crippen MR) is 152 cm³/mol. The lowest BCUT2D eigenvalue weighted by Gasteiger charge is -2.35. The summed E-state index contributed by atoms with van der Waals surface area (Å²) in [6.45, 7) is 3.23. The second-order valence-electron chi connectivity index (χ2n) is 11.8. The number of ether oxygens (including phenoxy) is 1. The van der Waals surface area contributed by atoms with Crippen LogP contribution in [-0.2, 0) is 19.1 Å². The van der Waals surface area contributed by atoms with Crippen molar-refractivity contribution in [3.8, 4) is 0 Å². The van der Waals surface area contributed by atoms with Gasteiger partial charge < -0.3 is 25.2 Å². The molecular weight excluding hydrogens is 560 g/mol. The fraction of sp³-hybridized carbons (Fsp3) is 0.633. The van der Waals surface area contributed by atoms with Crippen LogP contribution in [0.5, 0.6) is 0 Å². The third kappa shape index (κ3) is 5.18. The molecule has 4 fully saturated rings. The van der Waals surface area contributed by atoms with Crippen LogP contribution < -0.4 is 10.6 Å². The molecule has 1 spiro atoms. The lowest BCUT2D eigenvalue weighted by atomic mass is 9.74. The maximum Gasteiger partial charge on any atom is 0.246 e. The van der Waals surface area contributed by atoms with Crippen LogP contribution in [0.2, 0.25) is 0 Å². The van der Waals surface area contributed by atoms with E-state index in [1.54, 1.807) is 4.90 Å². The number of benzene rings is 1. The Labute approximate surface area is 239 Å². The molecule has 1 aromatic carbocycles. The molecule has 9 heteroatoms. The summed E-state index contributed by atoms with van der Waals surface area (Å²) in [6, 6.07) is 6.74. The highest BCUT2D eigenvalue weighted by atomic mass is 79.9. The number of anilines is 1. The number of hydrogen-bond acceptors (Lipinski definition) is 5. The molecule has 4 aliphatic heterocycles. The molecule has 1 aliphatic carbocycles. The van der Waals surface area contributed by atoms with E-state index >= 15 is 0 Å². The van der Waals surface area contributed by atoms with Crippen molar-refractivity contribution in [2.75, 3.05) is 31.5 Å². The van der Waals surface area contributed by atoms with Crippen LogP contribution in [0, 0.1) is 11.8 Å². The molecule has 210 valence electrons. The quantitative estimate of drug-likeness (QED) is 0.465. The minimum atomic E-state index is -1.11. The van der Waals surface area contributed by atoms with Crippen LogP contribution in [0.15, 0.2) is 40.9 Å². The highest BCUT2D eigenvalue weighted by Gasteiger charge is 2.72. The number of hydrogen-bond donors (Lipinski definition) is 2. The molecule has 3 amide bonds. The van der Waals surface area contributed by atoms with Gasteiger partial charge in [-0.25, -0.2) is 0 Å². The smallest absolute Gasteiger partial charge is 0.246 e. The van der Waals surface area contributed by atoms with Crippen LogP contribution in [0.3, 0.4) is 0 Å². The van der Waals surface area contributed by atoms with E-state index in [0.29, 0.717) is 12.2 Å². The van der Waals surface area contributed by atoms with Crippen molar-refractivity contribution in [2.45, 2.75) is 81.6 Å². The highest BCUT2D eigenvalue weighted by molar-refractivity contribution is 9.10. The van der Waals surface area contributed by atoms with Crippen LogP contribution in [0.4, 0.5) is 5.69 Å². The molecular formula is C30H39BrN4O4. The highest BCUT2D eigenvalue weighted by Crippen LogP contribution is 2.55. The number of halogens is 1. The molecule has 3 saturated heterocycles. The van der Waals surface area contributed by atoms with E-state index in [0.717, 1.165) is 62.6 Å². The summed E-state index contributed by atoms with van der Waals surface area (Å²) in [5.41, 5.74) is -0.444. The molecule has 0 aromatic heterocycles. The van der Waals surface area contributed by atoms with Gasteiger partial charge in [-0.1, -0.05) is 60.2 Å². The van der Waals surface area contributed by atoms with Gasteiger partial charge in [0.05, 0.1) is 17.9 Å². The summed E-state index contributed by atoms with van der Waals surface area (Å²) < 4.78 is 7.41. The van der Waals surface area contributed by atoms with E-state index in [1.807, 2.05) is 36.4 Å². The minimum Gasteiger partial charge on any atom is -0.359 e. The second kappa shape index (κ2) is 11.3. The largest absolute Gasteiger partial charge is 0.359 e. The van der Waals surface area contributed by atoms with Gasteiger partial charge in [-0.15, -0.1) is 0 Å². The average Bonchev–Trinajstić information content (AvgIpc) is 3.48. The van der Waals surface area contributed by atoms with E-state index in [9.17, 15) is 14.4 Å². The van der Waals surface area contributed by atoms with E-state index in [1.165, 1.54) is 19.3 Å². The van der Waals surface area contributed by atoms with Crippen LogP contribution in [-0.4, -0.2) is 77.5 Å². The molecule has 4 heterocycles. The first-order valence-corrected chi connectivity index (χ1v) is 15.5. The average molecular weight is 600 g/mol. The SMILES string of the molecule is O=C(Nc1ccc(Br)cc1)[C@@H]1[C@@H]2C=C[C@]3(O2)[C@@H]1C(=O)N(CCN1CCCCCC1)[C@H]3C(=O)NC1CCCCC1. The van der Waals surface area contributed by atoms with Crippen molar-refractivity contribution in [3.05, 3.63) is 40.9 Å². The number of nitrogens with zero attached hydrogens (tertiary/aromatic N) is 2. The van der Waals surface area contributed by atoms with E-state index < -0.39 is 29.6 Å². The number of rotatable bonds is 7. The summed E-state index contributed by atoms with van der Waals surface area (Å²) in [7, 11) is 0. The Hall–Kier alpha value is -2.23. The number of carbonyl (C=O) groups excluding carboxylic acids is 3. The number of carbonyl (C=O) groups is 3. The van der Waals surface area contributed by atoms with Crippen molar-refractivity contribution in [1.82, 2.24) is 15.1 Å². The molecule has 0 radical (unpaired) electrons. The van der Waals surface area contributed by atoms with Crippen LogP contribution in [0.1, 0.15) is 57.8 Å². The van der Waals surface area contributed by atoms with Gasteiger partial charge in [0, 0.05) is 29.3 Å². The van der Waals surface area contributed by atoms with Crippen molar-refractivity contribution in [3.63, 3.8) is 0 Å². The molecule has 0 unspecified atom stereocenters. The standard InChI is InChI=1S/C30H39BrN4O4/c31-20-10-12-22(13-11-20)32-27(36)24-23-14-15-30(39-23)25(24)29(38)35(19-18-34-16-6-1-2-7-17-34)26(30)28(37)33-21-8-4-3-5-9-21/h10-15,21,23-26H,1-9,16-19H2,(H,32,36)(H,33,37)/t23-,24+,25-,26-,30-/m0/s1. The lowest BCUT2D eigenvalue weighted by molar-refractivity contribution is -0.141. The molecule has 2 bridgehead atoms. The summed E-state index contributed by atoms with van der Waals surface area (Å²) in [4.78, 5) is 45.9. The summed E-state index contributed by atoms with van der Waals surface area (Å²) >= 11 is 3.42. The fourth-order valence-electron chi connectivity index (χ4n) is 7.40. The second-order valence-corrected chi connectivity index (χ2v) is 12.7. The Kier molecular flexibility index (Phi) is 7.84. The minimum absolute atomic E-state index is 0.128. The first kappa shape index (κ1) is 27.0. The Morgan fingerprint density at radius 2 is 1.64 bits per heavy atom. The number of amides is 3. The van der Waals surface area contributed by atoms with Crippen molar-refractivity contribution < 1.29 is 19.1 Å². The maximum atomic E-state index is 14.2. The summed E-state index contributed by atoms with van der Waals surface area (Å²) in [5, 5.41) is 6.26. The molecule has 5 atom stereocenters. The molecule has 2 N–H and O–H groups in total. The van der Waals surface area contributed by atoms with Crippen molar-refractivity contribution in [1.29, 1.82) is 0 Å². The number of likely N-dealkylation sites (tertiary alicyclic amines) is 2. The lowest BCUT2D eigenvalue weighted by Crippen LogP contribution is -2.57. The van der Waals surface area contributed by atoms with Gasteiger partial charge in [0.1, 0.15) is 11.6 Å². The molecule has 6 rings (SSSR count). The molecule has 39 heavy (non-hydrogen) atoms. The molecule has 1 aromatic rings. The van der Waals surface area contributed by atoms with Crippen LogP contribution >= 0.6 is 15.9 Å². The van der Waals surface area contributed by atoms with Gasteiger partial charge in [-0.3, -0.25) is 14.4 Å². The van der Waals surface area contributed by atoms with Gasteiger partial charge in [-0.2, -0.15) is 0 Å². The number of nitrogens with one attached hydrogen (secondary N) is 2. The van der Waals surface area contributed by atoms with Gasteiger partial charge in [-0.05, 0) is 63.0 Å². The maximum absolute atomic E-state index is 14.2. The van der Waals surface area contributed by atoms with Crippen molar-refractivity contribution in [2.24, 2.45) is 11.8 Å². The Balaban J connectivity index is 1.26. The van der Waals surface area contributed by atoms with Gasteiger partial charge in [0.2, 0.25) is 17.7 Å². The normalized spacial score (nSPS) is 32.7. The third-order valence-electron chi connectivity index (χ3n) is 9.34. The zero-order valence-electron chi connectivity index (χ0n) is 22.4. The van der Waals surface area contributed by atoms with Gasteiger partial charge in [0.25, 0.3) is 0 Å². The van der Waals surface area contributed by atoms with Gasteiger partial charge in [0.15, 0.2) is 0 Å². The van der Waals surface area contributed by atoms with E-state index in [-0.39, 0.29) is 23.8 Å². The molecule has 8 nitrogen and oxygen atoms in total. The first-order valence-electron chi connectivity index (χ1n) is 14.7. The topological polar surface area (TPSA) is 91.0 Å². The molecule has 1 saturated carbocycles. The third-order valence-corrected chi connectivity index (χ3v) is 9.87. The Morgan fingerprint density at radius 1 is 0.949 bits per heavy atom. The fourth-order valence-corrected chi connectivity index (χ4v) is 7.67. The number of fused-ring (bicyclic) bond motifs is 1. The summed E-state index contributed by atoms with van der Waals surface area (Å²) in [5.74, 6) is -1.93. The van der Waals surface area contributed by atoms with E-state index in [4.69, 9.17) is 4.74 Å². The zero-order chi connectivity index (χ0) is 27.0. The van der Waals surface area contributed by atoms with E-state index in [2.05, 4.69) is 31.5 Å². The Bertz CT molecular complexity index is 1110. The monoisotopic (exact) mass is 598 g/mol. The zero-order valence-corrected chi connectivity index (χ0v) is 24.0. The van der Waals surface area contributed by atoms with Crippen molar-refractivity contribution >= 4 is 39.3 Å². The summed E-state index contributed by atoms with van der Waals surface area (Å²) in [6.07, 6.45) is 13.4. The Morgan fingerprint density at radius 3 is 2.36 bits per heavy atom. The van der Waals surface area contributed by atoms with Gasteiger partial charge >= 0.3 is 0 Å². The molecule has 5 aliphatic rings. The first-order chi connectivity index (χ1) is 19.0.